The Morgan fingerprint density at radius 2 is 1.78 bits per heavy atom. The van der Waals surface area contributed by atoms with Crippen molar-refractivity contribution in [1.82, 2.24) is 4.98 Å². The molecule has 2 aromatic rings. The predicted octanol–water partition coefficient (Wildman–Crippen LogP) is 2.23. The average molecular weight is 373 g/mol. The number of aromatic amines is 1. The van der Waals surface area contributed by atoms with Crippen molar-refractivity contribution < 1.29 is 33.3 Å². The molecule has 0 spiro atoms. The second-order valence-corrected chi connectivity index (χ2v) is 5.97. The normalized spacial score (nSPS) is 12.4. The molecule has 1 aliphatic rings. The van der Waals surface area contributed by atoms with Gasteiger partial charge in [0.15, 0.2) is 23.9 Å². The van der Waals surface area contributed by atoms with Crippen LogP contribution in [0.1, 0.15) is 42.5 Å². The Morgan fingerprint density at radius 1 is 1.07 bits per heavy atom. The molecule has 0 radical (unpaired) electrons. The third kappa shape index (κ3) is 3.64. The van der Waals surface area contributed by atoms with Gasteiger partial charge in [0.05, 0.1) is 12.7 Å². The van der Waals surface area contributed by atoms with Crippen molar-refractivity contribution in [1.29, 1.82) is 0 Å². The molecule has 142 valence electrons. The number of H-pyrrole nitrogens is 1. The van der Waals surface area contributed by atoms with Gasteiger partial charge in [-0.05, 0) is 37.6 Å². The number of fused-ring (bicyclic) bond motifs is 1. The molecule has 8 heteroatoms. The fourth-order valence-electron chi connectivity index (χ4n) is 2.87. The minimum absolute atomic E-state index is 0.114. The van der Waals surface area contributed by atoms with E-state index >= 15 is 0 Å². The van der Waals surface area contributed by atoms with Crippen LogP contribution in [0, 0.1) is 13.8 Å². The number of nitrogens with one attached hydrogen (secondary N) is 1. The van der Waals surface area contributed by atoms with Gasteiger partial charge in [0.1, 0.15) is 18.9 Å². The highest BCUT2D eigenvalue weighted by molar-refractivity contribution is 6.01. The SMILES string of the molecule is COC(=O)c1c(C)[nH]c(C(=O)OCC(=O)c2ccc3c(c2)OCCO3)c1C. The van der Waals surface area contributed by atoms with Gasteiger partial charge in [-0.3, -0.25) is 4.79 Å². The molecule has 2 heterocycles. The maximum atomic E-state index is 12.3. The van der Waals surface area contributed by atoms with E-state index in [1.807, 2.05) is 0 Å². The summed E-state index contributed by atoms with van der Waals surface area (Å²) in [7, 11) is 1.26. The number of carbonyl (C=O) groups is 3. The van der Waals surface area contributed by atoms with E-state index in [2.05, 4.69) is 4.98 Å². The van der Waals surface area contributed by atoms with Crippen molar-refractivity contribution in [2.45, 2.75) is 13.8 Å². The van der Waals surface area contributed by atoms with E-state index in [1.165, 1.54) is 7.11 Å². The standard InChI is InChI=1S/C19H19NO7/c1-10-16(18(22)24-3)11(2)20-17(10)19(23)27-9-13(21)12-4-5-14-15(8-12)26-7-6-25-14/h4-5,8,20H,6-7,9H2,1-3H3. The van der Waals surface area contributed by atoms with Crippen LogP contribution in [0.2, 0.25) is 0 Å². The second kappa shape index (κ2) is 7.53. The molecule has 0 fully saturated rings. The summed E-state index contributed by atoms with van der Waals surface area (Å²) < 4.78 is 20.7. The summed E-state index contributed by atoms with van der Waals surface area (Å²) in [5.74, 6) is -0.599. The van der Waals surface area contributed by atoms with E-state index in [-0.39, 0.29) is 17.0 Å². The van der Waals surface area contributed by atoms with Crippen LogP contribution in [0.4, 0.5) is 0 Å². The van der Waals surface area contributed by atoms with Gasteiger partial charge in [-0.25, -0.2) is 9.59 Å². The average Bonchev–Trinajstić information content (AvgIpc) is 2.99. The van der Waals surface area contributed by atoms with Crippen molar-refractivity contribution in [3.63, 3.8) is 0 Å². The Bertz CT molecular complexity index is 913. The minimum Gasteiger partial charge on any atom is -0.486 e. The number of ether oxygens (including phenoxy) is 4. The van der Waals surface area contributed by atoms with Crippen molar-refractivity contribution >= 4 is 17.7 Å². The lowest BCUT2D eigenvalue weighted by Gasteiger charge is -2.18. The first-order chi connectivity index (χ1) is 12.9. The number of esters is 2. The van der Waals surface area contributed by atoms with Gasteiger partial charge >= 0.3 is 11.9 Å². The molecule has 1 aromatic carbocycles. The Balaban J connectivity index is 1.69. The zero-order valence-corrected chi connectivity index (χ0v) is 15.2. The Hall–Kier alpha value is -3.29. The summed E-state index contributed by atoms with van der Waals surface area (Å²) in [6.07, 6.45) is 0. The van der Waals surface area contributed by atoms with Crippen molar-refractivity contribution in [3.05, 3.63) is 46.3 Å². The number of ketones is 1. The summed E-state index contributed by atoms with van der Waals surface area (Å²) in [5, 5.41) is 0. The van der Waals surface area contributed by atoms with Crippen LogP contribution in [-0.2, 0) is 9.47 Å². The van der Waals surface area contributed by atoms with E-state index < -0.39 is 18.5 Å². The minimum atomic E-state index is -0.725. The third-order valence-corrected chi connectivity index (χ3v) is 4.23. The van der Waals surface area contributed by atoms with Gasteiger partial charge in [-0.15, -0.1) is 0 Å². The van der Waals surface area contributed by atoms with E-state index in [0.29, 0.717) is 41.5 Å². The number of hydrogen-bond acceptors (Lipinski definition) is 7. The van der Waals surface area contributed by atoms with Crippen LogP contribution in [0.5, 0.6) is 11.5 Å². The molecule has 0 unspecified atom stereocenters. The van der Waals surface area contributed by atoms with Crippen LogP contribution in [-0.4, -0.2) is 49.6 Å². The monoisotopic (exact) mass is 373 g/mol. The highest BCUT2D eigenvalue weighted by Gasteiger charge is 2.24. The quantitative estimate of drug-likeness (QED) is 0.633. The number of benzene rings is 1. The van der Waals surface area contributed by atoms with Crippen LogP contribution >= 0.6 is 0 Å². The summed E-state index contributed by atoms with van der Waals surface area (Å²) in [6, 6.07) is 4.79. The summed E-state index contributed by atoms with van der Waals surface area (Å²) >= 11 is 0. The van der Waals surface area contributed by atoms with Gasteiger partial charge in [-0.1, -0.05) is 0 Å². The molecule has 1 N–H and O–H groups in total. The molecule has 27 heavy (non-hydrogen) atoms. The first-order valence-corrected chi connectivity index (χ1v) is 8.29. The summed E-state index contributed by atoms with van der Waals surface area (Å²) in [5.41, 5.74) is 1.65. The van der Waals surface area contributed by atoms with Crippen molar-refractivity contribution in [2.75, 3.05) is 26.9 Å². The predicted molar refractivity (Wildman–Crippen MR) is 93.7 cm³/mol. The number of aromatic nitrogens is 1. The van der Waals surface area contributed by atoms with Gasteiger partial charge in [-0.2, -0.15) is 0 Å². The van der Waals surface area contributed by atoms with Crippen LogP contribution in [0.25, 0.3) is 0 Å². The summed E-state index contributed by atoms with van der Waals surface area (Å²) in [6.45, 7) is 3.68. The van der Waals surface area contributed by atoms with E-state index in [4.69, 9.17) is 18.9 Å². The zero-order chi connectivity index (χ0) is 19.6. The number of hydrogen-bond donors (Lipinski definition) is 1. The molecule has 0 atom stereocenters. The molecule has 3 rings (SSSR count). The number of rotatable bonds is 5. The van der Waals surface area contributed by atoms with Crippen molar-refractivity contribution in [2.24, 2.45) is 0 Å². The van der Waals surface area contributed by atoms with Crippen LogP contribution in [0.3, 0.4) is 0 Å². The fraction of sp³-hybridized carbons (Fsp3) is 0.316. The zero-order valence-electron chi connectivity index (χ0n) is 15.2. The topological polar surface area (TPSA) is 104 Å². The van der Waals surface area contributed by atoms with E-state index in [9.17, 15) is 14.4 Å². The molecule has 0 saturated carbocycles. The number of methoxy groups -OCH3 is 1. The molecule has 0 bridgehead atoms. The molecule has 1 aliphatic heterocycles. The Labute approximate surface area is 155 Å². The second-order valence-electron chi connectivity index (χ2n) is 5.97. The molecule has 0 amide bonds. The molecule has 8 nitrogen and oxygen atoms in total. The van der Waals surface area contributed by atoms with E-state index in [1.54, 1.807) is 32.0 Å². The maximum absolute atomic E-state index is 12.3. The fourth-order valence-corrected chi connectivity index (χ4v) is 2.87. The maximum Gasteiger partial charge on any atom is 0.355 e. The number of Topliss-reactive ketones (excluding diaryl/α,β-unsaturated/α-hetero) is 1. The van der Waals surface area contributed by atoms with Gasteiger partial charge in [0, 0.05) is 11.3 Å². The van der Waals surface area contributed by atoms with Gasteiger partial charge in [0.25, 0.3) is 0 Å². The molecule has 1 aromatic heterocycles. The van der Waals surface area contributed by atoms with Crippen molar-refractivity contribution in [3.8, 4) is 11.5 Å². The lowest BCUT2D eigenvalue weighted by Crippen LogP contribution is -2.18. The number of aryl methyl sites for hydroxylation is 1. The highest BCUT2D eigenvalue weighted by Crippen LogP contribution is 2.30. The van der Waals surface area contributed by atoms with Gasteiger partial charge < -0.3 is 23.9 Å². The first kappa shape index (κ1) is 18.5. The lowest BCUT2D eigenvalue weighted by molar-refractivity contribution is 0.0468. The first-order valence-electron chi connectivity index (χ1n) is 8.29. The molecule has 0 saturated heterocycles. The highest BCUT2D eigenvalue weighted by atomic mass is 16.6. The summed E-state index contributed by atoms with van der Waals surface area (Å²) in [4.78, 5) is 39.2. The van der Waals surface area contributed by atoms with Gasteiger partial charge in [0.2, 0.25) is 0 Å². The molecular formula is C19H19NO7. The Morgan fingerprint density at radius 3 is 2.48 bits per heavy atom. The van der Waals surface area contributed by atoms with Crippen LogP contribution < -0.4 is 9.47 Å². The Kier molecular flexibility index (Phi) is 5.16. The van der Waals surface area contributed by atoms with E-state index in [0.717, 1.165) is 0 Å². The third-order valence-electron chi connectivity index (χ3n) is 4.23. The molecular weight excluding hydrogens is 354 g/mol. The van der Waals surface area contributed by atoms with Crippen LogP contribution in [0.15, 0.2) is 18.2 Å². The molecule has 0 aliphatic carbocycles. The lowest BCUT2D eigenvalue weighted by atomic mass is 10.1. The number of carbonyl (C=O) groups excluding carboxylic acids is 3. The largest absolute Gasteiger partial charge is 0.486 e. The smallest absolute Gasteiger partial charge is 0.355 e.